The minimum atomic E-state index is -0.251. The lowest BCUT2D eigenvalue weighted by Gasteiger charge is -2.01. The maximum Gasteiger partial charge on any atom is 0.312 e. The number of methoxy groups -OCH3 is 1. The van der Waals surface area contributed by atoms with E-state index in [0.29, 0.717) is 13.0 Å². The Morgan fingerprint density at radius 3 is 2.65 bits per heavy atom. The smallest absolute Gasteiger partial charge is 0.312 e. The summed E-state index contributed by atoms with van der Waals surface area (Å²) in [6.07, 6.45) is 5.56. The second-order valence-corrected chi connectivity index (χ2v) is 4.75. The van der Waals surface area contributed by atoms with Crippen LogP contribution in [-0.4, -0.2) is 28.1 Å². The minimum Gasteiger partial charge on any atom is -1.00 e. The van der Waals surface area contributed by atoms with Crippen LogP contribution in [0.5, 0.6) is 0 Å². The Hall–Kier alpha value is -2.41. The summed E-state index contributed by atoms with van der Waals surface area (Å²) in [5.41, 5.74) is 3.37. The molecule has 1 aromatic carbocycles. The van der Waals surface area contributed by atoms with Gasteiger partial charge in [0.15, 0.2) is 12.7 Å². The molecular weight excluding hydrogens is 360 g/mol. The van der Waals surface area contributed by atoms with Crippen molar-refractivity contribution in [2.75, 3.05) is 7.11 Å². The Balaban J connectivity index is 0.00000192. The van der Waals surface area contributed by atoms with Crippen molar-refractivity contribution in [3.05, 3.63) is 48.9 Å². The molecule has 2 aromatic heterocycles. The zero-order valence-corrected chi connectivity index (χ0v) is 14.1. The first-order valence-electron chi connectivity index (χ1n) is 6.91. The molecule has 0 atom stereocenters. The molecular formula is C16H15BrN4O2. The van der Waals surface area contributed by atoms with E-state index in [1.54, 1.807) is 17.1 Å². The van der Waals surface area contributed by atoms with Gasteiger partial charge in [0.05, 0.1) is 30.0 Å². The number of rotatable bonds is 4. The van der Waals surface area contributed by atoms with Crippen molar-refractivity contribution in [1.29, 1.82) is 0 Å². The average Bonchev–Trinajstić information content (AvgIpc) is 2.59. The summed E-state index contributed by atoms with van der Waals surface area (Å²) < 4.78 is 6.30. The molecule has 0 saturated carbocycles. The van der Waals surface area contributed by atoms with E-state index in [9.17, 15) is 4.79 Å². The number of halogens is 1. The van der Waals surface area contributed by atoms with Crippen molar-refractivity contribution in [3.8, 4) is 11.3 Å². The number of hydrogen-bond acceptors (Lipinski definition) is 5. The van der Waals surface area contributed by atoms with Crippen molar-refractivity contribution in [1.82, 2.24) is 15.1 Å². The number of carbonyl (C=O) groups excluding carboxylic acids is 1. The molecule has 0 aliphatic carbocycles. The number of fused-ring (bicyclic) bond motifs is 1. The molecule has 2 heterocycles. The van der Waals surface area contributed by atoms with Gasteiger partial charge < -0.3 is 21.7 Å². The van der Waals surface area contributed by atoms with E-state index in [4.69, 9.17) is 0 Å². The van der Waals surface area contributed by atoms with E-state index in [1.165, 1.54) is 7.11 Å². The molecule has 7 heteroatoms. The third kappa shape index (κ3) is 4.07. The van der Waals surface area contributed by atoms with Gasteiger partial charge in [0.1, 0.15) is 12.6 Å². The molecule has 23 heavy (non-hydrogen) atoms. The molecule has 0 saturated heterocycles. The van der Waals surface area contributed by atoms with Crippen molar-refractivity contribution in [2.24, 2.45) is 0 Å². The van der Waals surface area contributed by atoms with E-state index in [2.05, 4.69) is 19.8 Å². The first-order chi connectivity index (χ1) is 10.8. The van der Waals surface area contributed by atoms with E-state index in [0.717, 1.165) is 22.3 Å². The second kappa shape index (κ2) is 7.73. The fourth-order valence-electron chi connectivity index (χ4n) is 2.07. The molecule has 0 spiro atoms. The van der Waals surface area contributed by atoms with E-state index < -0.39 is 0 Å². The maximum absolute atomic E-state index is 11.1. The summed E-state index contributed by atoms with van der Waals surface area (Å²) in [6, 6.07) is 9.63. The standard InChI is InChI=1S/C16H15N4O2.BrH/c1-22-16(21)7-9-20-8-6-12(10-18-20)15-11-17-13-4-2-3-5-14(13)19-15;/h2-6,8,10-11H,7,9H2,1H3;1H/q+1;/p-1. The summed E-state index contributed by atoms with van der Waals surface area (Å²) in [4.78, 5) is 20.1. The minimum absolute atomic E-state index is 0. The highest BCUT2D eigenvalue weighted by atomic mass is 79.9. The molecule has 6 nitrogen and oxygen atoms in total. The number of benzene rings is 1. The number of para-hydroxylation sites is 2. The molecule has 0 radical (unpaired) electrons. The SMILES string of the molecule is COC(=O)CC[n+]1ccc(-c2cnc3ccccc3n2)cn1.[Br-]. The van der Waals surface area contributed by atoms with Crippen LogP contribution in [0.1, 0.15) is 6.42 Å². The van der Waals surface area contributed by atoms with Crippen molar-refractivity contribution >= 4 is 17.0 Å². The summed E-state index contributed by atoms with van der Waals surface area (Å²) in [7, 11) is 1.38. The number of aromatic nitrogens is 4. The molecule has 0 N–H and O–H groups in total. The Kier molecular flexibility index (Phi) is 5.70. The van der Waals surface area contributed by atoms with Gasteiger partial charge in [-0.3, -0.25) is 9.78 Å². The van der Waals surface area contributed by atoms with Crippen molar-refractivity contribution in [3.63, 3.8) is 0 Å². The summed E-state index contributed by atoms with van der Waals surface area (Å²) in [5, 5.41) is 4.28. The van der Waals surface area contributed by atoms with Gasteiger partial charge >= 0.3 is 5.97 Å². The number of nitrogens with zero attached hydrogens (tertiary/aromatic N) is 4. The maximum atomic E-state index is 11.1. The molecule has 0 bridgehead atoms. The van der Waals surface area contributed by atoms with Crippen LogP contribution in [0.4, 0.5) is 0 Å². The lowest BCUT2D eigenvalue weighted by molar-refractivity contribution is -0.752. The Bertz CT molecular complexity index is 809. The molecule has 0 amide bonds. The fourth-order valence-corrected chi connectivity index (χ4v) is 2.07. The van der Waals surface area contributed by atoms with Gasteiger partial charge in [0.25, 0.3) is 0 Å². The lowest BCUT2D eigenvalue weighted by atomic mass is 10.2. The Morgan fingerprint density at radius 1 is 1.17 bits per heavy atom. The van der Waals surface area contributed by atoms with Crippen LogP contribution in [0.3, 0.4) is 0 Å². The predicted octanol–water partition coefficient (Wildman–Crippen LogP) is -1.45. The summed E-state index contributed by atoms with van der Waals surface area (Å²) in [5.74, 6) is -0.251. The van der Waals surface area contributed by atoms with Crippen LogP contribution >= 0.6 is 0 Å². The normalized spacial score (nSPS) is 10.1. The highest BCUT2D eigenvalue weighted by Gasteiger charge is 2.09. The molecule has 3 aromatic rings. The molecule has 0 unspecified atom stereocenters. The van der Waals surface area contributed by atoms with Crippen molar-refractivity contribution in [2.45, 2.75) is 13.0 Å². The lowest BCUT2D eigenvalue weighted by Crippen LogP contribution is -3.00. The first kappa shape index (κ1) is 17.0. The van der Waals surface area contributed by atoms with Crippen LogP contribution in [0.25, 0.3) is 22.3 Å². The van der Waals surface area contributed by atoms with Gasteiger partial charge in [0, 0.05) is 11.6 Å². The number of aryl methyl sites for hydroxylation is 1. The number of ether oxygens (including phenoxy) is 1. The largest absolute Gasteiger partial charge is 1.00 e. The van der Waals surface area contributed by atoms with Gasteiger partial charge in [-0.25, -0.2) is 4.98 Å². The second-order valence-electron chi connectivity index (χ2n) is 4.75. The van der Waals surface area contributed by atoms with Gasteiger partial charge in [-0.2, -0.15) is 0 Å². The highest BCUT2D eigenvalue weighted by molar-refractivity contribution is 5.76. The van der Waals surface area contributed by atoms with Gasteiger partial charge in [-0.15, -0.1) is 0 Å². The van der Waals surface area contributed by atoms with Crippen LogP contribution in [-0.2, 0) is 16.1 Å². The number of esters is 1. The van der Waals surface area contributed by atoms with Gasteiger partial charge in [-0.1, -0.05) is 16.8 Å². The number of hydrogen-bond donors (Lipinski definition) is 0. The molecule has 0 fully saturated rings. The average molecular weight is 375 g/mol. The fraction of sp³-hybridized carbons (Fsp3) is 0.188. The Morgan fingerprint density at radius 2 is 1.96 bits per heavy atom. The molecule has 118 valence electrons. The van der Waals surface area contributed by atoms with E-state index >= 15 is 0 Å². The van der Waals surface area contributed by atoms with E-state index in [-0.39, 0.29) is 23.0 Å². The zero-order chi connectivity index (χ0) is 15.4. The first-order valence-corrected chi connectivity index (χ1v) is 6.91. The third-order valence-electron chi connectivity index (χ3n) is 3.29. The van der Waals surface area contributed by atoms with Crippen LogP contribution in [0.15, 0.2) is 48.9 Å². The summed E-state index contributed by atoms with van der Waals surface area (Å²) >= 11 is 0. The highest BCUT2D eigenvalue weighted by Crippen LogP contribution is 2.16. The van der Waals surface area contributed by atoms with Crippen LogP contribution in [0, 0.1) is 0 Å². The zero-order valence-electron chi connectivity index (χ0n) is 12.5. The molecule has 3 rings (SSSR count). The summed E-state index contributed by atoms with van der Waals surface area (Å²) in [6.45, 7) is 0.482. The topological polar surface area (TPSA) is 68.8 Å². The monoisotopic (exact) mass is 374 g/mol. The van der Waals surface area contributed by atoms with Crippen molar-refractivity contribution < 1.29 is 31.2 Å². The third-order valence-corrected chi connectivity index (χ3v) is 3.29. The van der Waals surface area contributed by atoms with E-state index in [1.807, 2.05) is 36.5 Å². The quantitative estimate of drug-likeness (QED) is 0.412. The molecule has 0 aliphatic heterocycles. The van der Waals surface area contributed by atoms with Gasteiger partial charge in [-0.05, 0) is 17.2 Å². The predicted molar refractivity (Wildman–Crippen MR) is 79.6 cm³/mol. The molecule has 0 aliphatic rings. The van der Waals surface area contributed by atoms with Crippen LogP contribution < -0.4 is 21.7 Å². The van der Waals surface area contributed by atoms with Gasteiger partial charge in [0.2, 0.25) is 0 Å². The number of carbonyl (C=O) groups is 1. The Labute approximate surface area is 143 Å². The van der Waals surface area contributed by atoms with Crippen LogP contribution in [0.2, 0.25) is 0 Å².